The highest BCUT2D eigenvalue weighted by atomic mass is 35.5. The third-order valence-corrected chi connectivity index (χ3v) is 3.80. The summed E-state index contributed by atoms with van der Waals surface area (Å²) in [6, 6.07) is 3.58. The number of carbonyl (C=O) groups excluding carboxylic acids is 1. The van der Waals surface area contributed by atoms with Gasteiger partial charge >= 0.3 is 6.03 Å². The van der Waals surface area contributed by atoms with Crippen LogP contribution in [0.25, 0.3) is 0 Å². The monoisotopic (exact) mass is 340 g/mol. The molecule has 0 fully saturated rings. The number of benzene rings is 1. The maximum atomic E-state index is 13.3. The second-order valence-electron chi connectivity index (χ2n) is 5.17. The number of aliphatic hydroxyl groups excluding tert-OH is 1. The maximum absolute atomic E-state index is 13.3. The Labute approximate surface area is 138 Å². The van der Waals surface area contributed by atoms with Crippen LogP contribution in [0.3, 0.4) is 0 Å². The number of halogens is 2. The van der Waals surface area contributed by atoms with Crippen molar-refractivity contribution in [1.82, 2.24) is 20.8 Å². The summed E-state index contributed by atoms with van der Waals surface area (Å²) in [6.07, 6.45) is -1.02. The van der Waals surface area contributed by atoms with E-state index in [0.717, 1.165) is 23.0 Å². The van der Waals surface area contributed by atoms with Crippen molar-refractivity contribution in [2.24, 2.45) is 0 Å². The summed E-state index contributed by atoms with van der Waals surface area (Å²) in [5, 5.41) is 22.0. The molecule has 0 aliphatic heterocycles. The lowest BCUT2D eigenvalue weighted by atomic mass is 10.1. The zero-order valence-electron chi connectivity index (χ0n) is 12.8. The Kier molecular flexibility index (Phi) is 5.57. The van der Waals surface area contributed by atoms with Crippen LogP contribution in [0, 0.1) is 19.7 Å². The molecule has 0 spiro atoms. The first-order valence-electron chi connectivity index (χ1n) is 7.03. The average Bonchev–Trinajstić information content (AvgIpc) is 2.84. The van der Waals surface area contributed by atoms with Gasteiger partial charge in [0.1, 0.15) is 5.82 Å². The zero-order valence-corrected chi connectivity index (χ0v) is 13.5. The number of hydrogen-bond acceptors (Lipinski definition) is 3. The van der Waals surface area contributed by atoms with E-state index in [1.165, 1.54) is 12.1 Å². The molecule has 0 aliphatic carbocycles. The summed E-state index contributed by atoms with van der Waals surface area (Å²) in [5.41, 5.74) is 2.97. The molecular formula is C15H18ClFN4O2. The van der Waals surface area contributed by atoms with Crippen molar-refractivity contribution in [2.45, 2.75) is 26.5 Å². The van der Waals surface area contributed by atoms with Gasteiger partial charge in [-0.2, -0.15) is 5.10 Å². The van der Waals surface area contributed by atoms with Crippen molar-refractivity contribution in [3.05, 3.63) is 51.6 Å². The van der Waals surface area contributed by atoms with Crippen molar-refractivity contribution in [1.29, 1.82) is 0 Å². The highest BCUT2D eigenvalue weighted by Crippen LogP contribution is 2.19. The van der Waals surface area contributed by atoms with E-state index in [2.05, 4.69) is 20.8 Å². The van der Waals surface area contributed by atoms with Gasteiger partial charge in [0.05, 0.1) is 16.8 Å². The van der Waals surface area contributed by atoms with E-state index in [1.807, 2.05) is 13.8 Å². The van der Waals surface area contributed by atoms with Crippen LogP contribution in [-0.2, 0) is 6.54 Å². The number of urea groups is 1. The summed E-state index contributed by atoms with van der Waals surface area (Å²) in [7, 11) is 0. The summed E-state index contributed by atoms with van der Waals surface area (Å²) in [6.45, 7) is 3.99. The molecule has 8 heteroatoms. The van der Waals surface area contributed by atoms with Gasteiger partial charge in [0.25, 0.3) is 0 Å². The lowest BCUT2D eigenvalue weighted by Crippen LogP contribution is -2.37. The molecule has 124 valence electrons. The van der Waals surface area contributed by atoms with Crippen molar-refractivity contribution in [3.63, 3.8) is 0 Å². The van der Waals surface area contributed by atoms with Crippen LogP contribution in [0.5, 0.6) is 0 Å². The quantitative estimate of drug-likeness (QED) is 0.673. The Morgan fingerprint density at radius 3 is 2.78 bits per heavy atom. The Balaban J connectivity index is 1.83. The van der Waals surface area contributed by atoms with Crippen LogP contribution in [0.15, 0.2) is 18.2 Å². The number of carbonyl (C=O) groups is 1. The number of aromatic amines is 1. The topological polar surface area (TPSA) is 90.0 Å². The minimum atomic E-state index is -1.02. The molecule has 0 bridgehead atoms. The molecule has 1 atom stereocenters. The molecule has 1 heterocycles. The van der Waals surface area contributed by atoms with Gasteiger partial charge in [0.15, 0.2) is 0 Å². The van der Waals surface area contributed by atoms with E-state index < -0.39 is 18.0 Å². The number of aryl methyl sites for hydroxylation is 2. The minimum Gasteiger partial charge on any atom is -0.387 e. The smallest absolute Gasteiger partial charge is 0.315 e. The predicted molar refractivity (Wildman–Crippen MR) is 84.7 cm³/mol. The van der Waals surface area contributed by atoms with Gasteiger partial charge in [-0.15, -0.1) is 0 Å². The highest BCUT2D eigenvalue weighted by molar-refractivity contribution is 6.30. The van der Waals surface area contributed by atoms with Gasteiger partial charge in [-0.3, -0.25) is 5.10 Å². The van der Waals surface area contributed by atoms with E-state index in [9.17, 15) is 14.3 Å². The van der Waals surface area contributed by atoms with E-state index in [1.54, 1.807) is 0 Å². The minimum absolute atomic E-state index is 0.0162. The van der Waals surface area contributed by atoms with Gasteiger partial charge in [0.2, 0.25) is 0 Å². The third-order valence-electron chi connectivity index (χ3n) is 3.49. The van der Waals surface area contributed by atoms with Crippen LogP contribution in [0.2, 0.25) is 5.02 Å². The molecule has 6 nitrogen and oxygen atoms in total. The van der Waals surface area contributed by atoms with Crippen LogP contribution >= 0.6 is 11.6 Å². The first-order valence-corrected chi connectivity index (χ1v) is 7.41. The first kappa shape index (κ1) is 17.2. The summed E-state index contributed by atoms with van der Waals surface area (Å²) >= 11 is 5.58. The van der Waals surface area contributed by atoms with Crippen molar-refractivity contribution >= 4 is 17.6 Å². The molecule has 2 aromatic rings. The standard InChI is InChI=1S/C15H18ClFN4O2/c1-8-11(9(2)21-20-8)6-18-15(23)19-7-14(22)10-3-4-12(16)13(17)5-10/h3-5,14,22H,6-7H2,1-2H3,(H,20,21)(H2,18,19,23). The summed E-state index contributed by atoms with van der Waals surface area (Å²) < 4.78 is 13.3. The Morgan fingerprint density at radius 1 is 1.43 bits per heavy atom. The number of amides is 2. The third kappa shape index (κ3) is 4.43. The molecule has 4 N–H and O–H groups in total. The number of aliphatic hydroxyl groups is 1. The Bertz CT molecular complexity index is 685. The van der Waals surface area contributed by atoms with Gasteiger partial charge in [0, 0.05) is 24.3 Å². The van der Waals surface area contributed by atoms with Crippen LogP contribution in [0.1, 0.15) is 28.6 Å². The summed E-state index contributed by atoms with van der Waals surface area (Å²) in [5.74, 6) is -0.612. The number of nitrogens with one attached hydrogen (secondary N) is 3. The van der Waals surface area contributed by atoms with Crippen LogP contribution in [0.4, 0.5) is 9.18 Å². The lowest BCUT2D eigenvalue weighted by Gasteiger charge is -2.13. The fourth-order valence-electron chi connectivity index (χ4n) is 2.09. The molecule has 1 aromatic heterocycles. The van der Waals surface area contributed by atoms with E-state index in [0.29, 0.717) is 12.1 Å². The summed E-state index contributed by atoms with van der Waals surface area (Å²) in [4.78, 5) is 11.8. The van der Waals surface area contributed by atoms with Crippen LogP contribution in [-0.4, -0.2) is 27.9 Å². The number of aromatic nitrogens is 2. The molecule has 1 aromatic carbocycles. The van der Waals surface area contributed by atoms with E-state index in [4.69, 9.17) is 11.6 Å². The number of nitrogens with zero attached hydrogens (tertiary/aromatic N) is 1. The van der Waals surface area contributed by atoms with Crippen molar-refractivity contribution < 1.29 is 14.3 Å². The number of H-pyrrole nitrogens is 1. The van der Waals surface area contributed by atoms with Gasteiger partial charge < -0.3 is 15.7 Å². The molecule has 0 aliphatic rings. The van der Waals surface area contributed by atoms with E-state index in [-0.39, 0.29) is 11.6 Å². The second-order valence-corrected chi connectivity index (χ2v) is 5.57. The number of hydrogen-bond donors (Lipinski definition) is 4. The zero-order chi connectivity index (χ0) is 17.0. The Morgan fingerprint density at radius 2 is 2.17 bits per heavy atom. The Hall–Kier alpha value is -2.12. The average molecular weight is 341 g/mol. The predicted octanol–water partition coefficient (Wildman–Crippen LogP) is 2.35. The maximum Gasteiger partial charge on any atom is 0.315 e. The molecular weight excluding hydrogens is 323 g/mol. The second kappa shape index (κ2) is 7.43. The van der Waals surface area contributed by atoms with Crippen LogP contribution < -0.4 is 10.6 Å². The molecule has 0 saturated heterocycles. The molecule has 0 saturated carbocycles. The van der Waals surface area contributed by atoms with Gasteiger partial charge in [-0.05, 0) is 31.5 Å². The van der Waals surface area contributed by atoms with Gasteiger partial charge in [-0.25, -0.2) is 9.18 Å². The largest absolute Gasteiger partial charge is 0.387 e. The van der Waals surface area contributed by atoms with Crippen molar-refractivity contribution in [2.75, 3.05) is 6.54 Å². The first-order chi connectivity index (χ1) is 10.9. The molecule has 23 heavy (non-hydrogen) atoms. The fourth-order valence-corrected chi connectivity index (χ4v) is 2.21. The lowest BCUT2D eigenvalue weighted by molar-refractivity contribution is 0.172. The highest BCUT2D eigenvalue weighted by Gasteiger charge is 2.12. The normalized spacial score (nSPS) is 12.0. The van der Waals surface area contributed by atoms with Crippen molar-refractivity contribution in [3.8, 4) is 0 Å². The molecule has 2 rings (SSSR count). The fraction of sp³-hybridized carbons (Fsp3) is 0.333. The molecule has 0 radical (unpaired) electrons. The molecule has 2 amide bonds. The number of rotatable bonds is 5. The van der Waals surface area contributed by atoms with Gasteiger partial charge in [-0.1, -0.05) is 17.7 Å². The van der Waals surface area contributed by atoms with E-state index >= 15 is 0 Å². The SMILES string of the molecule is Cc1n[nH]c(C)c1CNC(=O)NCC(O)c1ccc(Cl)c(F)c1. The molecule has 1 unspecified atom stereocenters.